The number of para-hydroxylation sites is 3. The Balaban J connectivity index is 1.17. The number of nitrogens with zero attached hydrogens (tertiary/aromatic N) is 3. The molecule has 0 amide bonds. The lowest BCUT2D eigenvalue weighted by atomic mass is 10.0. The van der Waals surface area contributed by atoms with Crippen molar-refractivity contribution >= 4 is 56.3 Å². The number of rotatable bonds is 8. The van der Waals surface area contributed by atoms with Crippen LogP contribution < -0.4 is 9.80 Å². The molecule has 48 heavy (non-hydrogen) atoms. The molecule has 0 aliphatic rings. The second-order valence-electron chi connectivity index (χ2n) is 12.0. The second-order valence-corrected chi connectivity index (χ2v) is 12.0. The van der Waals surface area contributed by atoms with Crippen molar-refractivity contribution in [1.82, 2.24) is 4.57 Å². The normalized spacial score (nSPS) is 11.1. The third kappa shape index (κ3) is 5.32. The molecule has 0 radical (unpaired) electrons. The summed E-state index contributed by atoms with van der Waals surface area (Å²) in [6, 6.07) is 62.8. The SMILES string of the molecule is C=Cc1ccc(-n2c3ccccc3c3cc(N(c4ccccc4)c4ccc(-c5ccc(N(C)c6ccccc6)cc5)cc4)ccc32)cc1. The van der Waals surface area contributed by atoms with Gasteiger partial charge in [0.25, 0.3) is 0 Å². The fraction of sp³-hybridized carbons (Fsp3) is 0.0222. The molecule has 3 nitrogen and oxygen atoms in total. The summed E-state index contributed by atoms with van der Waals surface area (Å²) in [6.45, 7) is 3.92. The van der Waals surface area contributed by atoms with Crippen molar-refractivity contribution in [1.29, 1.82) is 0 Å². The molecule has 3 heteroatoms. The molecule has 0 aliphatic carbocycles. The van der Waals surface area contributed by atoms with E-state index in [9.17, 15) is 0 Å². The molecule has 0 fully saturated rings. The van der Waals surface area contributed by atoms with E-state index >= 15 is 0 Å². The van der Waals surface area contributed by atoms with Gasteiger partial charge >= 0.3 is 0 Å². The Labute approximate surface area is 281 Å². The van der Waals surface area contributed by atoms with Gasteiger partial charge in [0.2, 0.25) is 0 Å². The second kappa shape index (κ2) is 12.5. The van der Waals surface area contributed by atoms with E-state index in [1.807, 2.05) is 12.1 Å². The third-order valence-corrected chi connectivity index (χ3v) is 9.17. The van der Waals surface area contributed by atoms with Gasteiger partial charge in [0.15, 0.2) is 0 Å². The number of fused-ring (bicyclic) bond motifs is 3. The molecule has 1 heterocycles. The molecule has 0 saturated carbocycles. The van der Waals surface area contributed by atoms with Gasteiger partial charge in [-0.1, -0.05) is 104 Å². The molecule has 8 rings (SSSR count). The fourth-order valence-corrected chi connectivity index (χ4v) is 6.64. The standard InChI is InChI=1S/C45H35N3/c1-3-33-18-24-40(25-19-33)48-44-17-11-10-16-42(44)43-32-41(30-31-45(43)48)47(38-14-8-5-9-15-38)39-28-22-35(23-29-39)34-20-26-37(27-21-34)46(2)36-12-6-4-7-13-36/h3-32H,1H2,2H3. The molecule has 0 aliphatic heterocycles. The van der Waals surface area contributed by atoms with Gasteiger partial charge in [-0.25, -0.2) is 0 Å². The maximum Gasteiger partial charge on any atom is 0.0542 e. The number of hydrogen-bond acceptors (Lipinski definition) is 2. The summed E-state index contributed by atoms with van der Waals surface area (Å²) in [6.07, 6.45) is 1.88. The minimum atomic E-state index is 1.11. The Kier molecular flexibility index (Phi) is 7.56. The highest BCUT2D eigenvalue weighted by Crippen LogP contribution is 2.40. The molecule has 7 aromatic carbocycles. The fourth-order valence-electron chi connectivity index (χ4n) is 6.64. The largest absolute Gasteiger partial charge is 0.345 e. The Hall–Kier alpha value is -6.32. The summed E-state index contributed by atoms with van der Waals surface area (Å²) in [4.78, 5) is 4.55. The van der Waals surface area contributed by atoms with Gasteiger partial charge in [0.1, 0.15) is 0 Å². The number of aromatic nitrogens is 1. The van der Waals surface area contributed by atoms with E-state index < -0.39 is 0 Å². The van der Waals surface area contributed by atoms with Crippen LogP contribution >= 0.6 is 0 Å². The average molecular weight is 618 g/mol. The zero-order chi connectivity index (χ0) is 32.5. The van der Waals surface area contributed by atoms with E-state index in [0.29, 0.717) is 0 Å². The topological polar surface area (TPSA) is 11.4 Å². The predicted octanol–water partition coefficient (Wildman–Crippen LogP) is 12.3. The van der Waals surface area contributed by atoms with Crippen molar-refractivity contribution < 1.29 is 0 Å². The van der Waals surface area contributed by atoms with Crippen LogP contribution in [0.15, 0.2) is 183 Å². The molecular weight excluding hydrogens is 583 g/mol. The minimum absolute atomic E-state index is 1.11. The lowest BCUT2D eigenvalue weighted by Gasteiger charge is -2.26. The monoisotopic (exact) mass is 617 g/mol. The van der Waals surface area contributed by atoms with Crippen molar-refractivity contribution in [2.24, 2.45) is 0 Å². The van der Waals surface area contributed by atoms with Gasteiger partial charge in [-0.2, -0.15) is 0 Å². The smallest absolute Gasteiger partial charge is 0.0542 e. The van der Waals surface area contributed by atoms with Crippen LogP contribution in [0.3, 0.4) is 0 Å². The molecule has 0 atom stereocenters. The van der Waals surface area contributed by atoms with Crippen LogP contribution in [0.5, 0.6) is 0 Å². The zero-order valence-corrected chi connectivity index (χ0v) is 26.9. The minimum Gasteiger partial charge on any atom is -0.345 e. The van der Waals surface area contributed by atoms with E-state index in [1.54, 1.807) is 0 Å². The van der Waals surface area contributed by atoms with E-state index in [0.717, 1.165) is 34.0 Å². The Morgan fingerprint density at radius 1 is 0.458 bits per heavy atom. The van der Waals surface area contributed by atoms with Gasteiger partial charge in [-0.3, -0.25) is 0 Å². The summed E-state index contributed by atoms with van der Waals surface area (Å²) >= 11 is 0. The summed E-state index contributed by atoms with van der Waals surface area (Å²) in [5.41, 5.74) is 12.6. The molecule has 0 unspecified atom stereocenters. The molecule has 0 saturated heterocycles. The first-order valence-electron chi connectivity index (χ1n) is 16.3. The van der Waals surface area contributed by atoms with Crippen molar-refractivity contribution in [3.05, 3.63) is 188 Å². The van der Waals surface area contributed by atoms with Crippen LogP contribution in [0.1, 0.15) is 5.56 Å². The third-order valence-electron chi connectivity index (χ3n) is 9.17. The predicted molar refractivity (Wildman–Crippen MR) is 205 cm³/mol. The van der Waals surface area contributed by atoms with Crippen LogP contribution in [0.2, 0.25) is 0 Å². The van der Waals surface area contributed by atoms with Crippen LogP contribution in [0.4, 0.5) is 28.4 Å². The number of anilines is 5. The highest BCUT2D eigenvalue weighted by molar-refractivity contribution is 6.10. The number of hydrogen-bond donors (Lipinski definition) is 0. The maximum atomic E-state index is 3.92. The quantitative estimate of drug-likeness (QED) is 0.168. The summed E-state index contributed by atoms with van der Waals surface area (Å²) in [5.74, 6) is 0. The average Bonchev–Trinajstić information content (AvgIpc) is 3.49. The van der Waals surface area contributed by atoms with Gasteiger partial charge < -0.3 is 14.4 Å². The molecular formula is C45H35N3. The van der Waals surface area contributed by atoms with Crippen LogP contribution in [0.25, 0.3) is 44.7 Å². The highest BCUT2D eigenvalue weighted by atomic mass is 15.1. The molecule has 0 N–H and O–H groups in total. The van der Waals surface area contributed by atoms with E-state index in [2.05, 4.69) is 198 Å². The first-order valence-corrected chi connectivity index (χ1v) is 16.3. The molecule has 1 aromatic heterocycles. The molecule has 230 valence electrons. The van der Waals surface area contributed by atoms with E-state index in [1.165, 1.54) is 38.6 Å². The van der Waals surface area contributed by atoms with Crippen molar-refractivity contribution in [3.63, 3.8) is 0 Å². The van der Waals surface area contributed by atoms with Crippen molar-refractivity contribution in [2.75, 3.05) is 16.8 Å². The lowest BCUT2D eigenvalue weighted by molar-refractivity contribution is 1.18. The van der Waals surface area contributed by atoms with Gasteiger partial charge in [0.05, 0.1) is 11.0 Å². The Morgan fingerprint density at radius 3 is 1.60 bits per heavy atom. The Morgan fingerprint density at radius 2 is 0.958 bits per heavy atom. The first kappa shape index (κ1) is 29.1. The first-order chi connectivity index (χ1) is 23.7. The van der Waals surface area contributed by atoms with E-state index in [-0.39, 0.29) is 0 Å². The van der Waals surface area contributed by atoms with Gasteiger partial charge in [-0.05, 0) is 102 Å². The summed E-state index contributed by atoms with van der Waals surface area (Å²) < 4.78 is 2.35. The molecule has 0 bridgehead atoms. The summed E-state index contributed by atoms with van der Waals surface area (Å²) in [7, 11) is 2.10. The van der Waals surface area contributed by atoms with Crippen LogP contribution in [-0.2, 0) is 0 Å². The number of benzene rings is 7. The maximum absolute atomic E-state index is 3.92. The highest BCUT2D eigenvalue weighted by Gasteiger charge is 2.17. The van der Waals surface area contributed by atoms with Crippen LogP contribution in [0, 0.1) is 0 Å². The van der Waals surface area contributed by atoms with E-state index in [4.69, 9.17) is 0 Å². The van der Waals surface area contributed by atoms with Crippen molar-refractivity contribution in [2.45, 2.75) is 0 Å². The van der Waals surface area contributed by atoms with Crippen LogP contribution in [-0.4, -0.2) is 11.6 Å². The molecule has 0 spiro atoms. The summed E-state index contributed by atoms with van der Waals surface area (Å²) in [5, 5.41) is 2.45. The van der Waals surface area contributed by atoms with Gasteiger partial charge in [-0.15, -0.1) is 0 Å². The van der Waals surface area contributed by atoms with Crippen molar-refractivity contribution in [3.8, 4) is 16.8 Å². The molecule has 8 aromatic rings. The Bertz CT molecular complexity index is 2340. The zero-order valence-electron chi connectivity index (χ0n) is 26.9. The lowest BCUT2D eigenvalue weighted by Crippen LogP contribution is -2.09. The van der Waals surface area contributed by atoms with Gasteiger partial charge in [0, 0.05) is 51.9 Å².